The van der Waals surface area contributed by atoms with Crippen LogP contribution in [0.15, 0.2) is 24.3 Å². The van der Waals surface area contributed by atoms with Crippen LogP contribution >= 0.6 is 0 Å². The minimum atomic E-state index is 0.445. The standard InChI is InChI=1S/C17H29N3/c1-14-6-5-9-20(12-14)13-16(11-18)15-7-4-8-17(10-15)19(2)3/h4,7-8,10,14,16H,5-6,9,11-13,18H2,1-3H3. The number of hydrogen-bond donors (Lipinski definition) is 1. The number of likely N-dealkylation sites (tertiary alicyclic amines) is 1. The molecular formula is C17H29N3. The largest absolute Gasteiger partial charge is 0.378 e. The van der Waals surface area contributed by atoms with Gasteiger partial charge in [0.2, 0.25) is 0 Å². The molecule has 0 saturated carbocycles. The Morgan fingerprint density at radius 3 is 2.85 bits per heavy atom. The average Bonchev–Trinajstić information content (AvgIpc) is 2.45. The van der Waals surface area contributed by atoms with E-state index >= 15 is 0 Å². The molecule has 1 saturated heterocycles. The Bertz CT molecular complexity index is 416. The van der Waals surface area contributed by atoms with Crippen LogP contribution in [0, 0.1) is 5.92 Å². The van der Waals surface area contributed by atoms with Crippen LogP contribution in [0.1, 0.15) is 31.2 Å². The molecule has 1 aliphatic heterocycles. The van der Waals surface area contributed by atoms with Crippen molar-refractivity contribution in [1.29, 1.82) is 0 Å². The molecule has 3 nitrogen and oxygen atoms in total. The minimum Gasteiger partial charge on any atom is -0.378 e. The molecule has 112 valence electrons. The van der Waals surface area contributed by atoms with Crippen molar-refractivity contribution in [3.05, 3.63) is 29.8 Å². The lowest BCUT2D eigenvalue weighted by Gasteiger charge is -2.33. The van der Waals surface area contributed by atoms with Crippen molar-refractivity contribution in [2.24, 2.45) is 11.7 Å². The maximum atomic E-state index is 6.04. The number of piperidine rings is 1. The van der Waals surface area contributed by atoms with Crippen LogP contribution in [-0.2, 0) is 0 Å². The fourth-order valence-corrected chi connectivity index (χ4v) is 3.14. The molecule has 2 N–H and O–H groups in total. The third-order valence-corrected chi connectivity index (χ3v) is 4.36. The summed E-state index contributed by atoms with van der Waals surface area (Å²) in [5.74, 6) is 1.27. The first kappa shape index (κ1) is 15.3. The van der Waals surface area contributed by atoms with E-state index in [4.69, 9.17) is 5.73 Å². The van der Waals surface area contributed by atoms with E-state index in [1.807, 2.05) is 0 Å². The molecule has 2 unspecified atom stereocenters. The van der Waals surface area contributed by atoms with E-state index in [1.165, 1.54) is 37.2 Å². The van der Waals surface area contributed by atoms with Gasteiger partial charge in [0.15, 0.2) is 0 Å². The Morgan fingerprint density at radius 2 is 2.20 bits per heavy atom. The van der Waals surface area contributed by atoms with E-state index in [2.05, 4.69) is 55.1 Å². The summed E-state index contributed by atoms with van der Waals surface area (Å²) in [6.07, 6.45) is 2.70. The highest BCUT2D eigenvalue weighted by molar-refractivity contribution is 5.48. The van der Waals surface area contributed by atoms with Gasteiger partial charge in [0.1, 0.15) is 0 Å². The lowest BCUT2D eigenvalue weighted by Crippen LogP contribution is -2.38. The Kier molecular flexibility index (Phi) is 5.44. The van der Waals surface area contributed by atoms with Crippen molar-refractivity contribution >= 4 is 5.69 Å². The first-order valence-electron chi connectivity index (χ1n) is 7.80. The van der Waals surface area contributed by atoms with E-state index in [-0.39, 0.29) is 0 Å². The number of rotatable bonds is 5. The normalized spacial score (nSPS) is 21.7. The Balaban J connectivity index is 2.05. The Hall–Kier alpha value is -1.06. The maximum Gasteiger partial charge on any atom is 0.0363 e. The van der Waals surface area contributed by atoms with Gasteiger partial charge in [-0.3, -0.25) is 0 Å². The van der Waals surface area contributed by atoms with Crippen molar-refractivity contribution in [3.63, 3.8) is 0 Å². The van der Waals surface area contributed by atoms with Gasteiger partial charge in [0.25, 0.3) is 0 Å². The van der Waals surface area contributed by atoms with Gasteiger partial charge in [-0.25, -0.2) is 0 Å². The van der Waals surface area contributed by atoms with Crippen molar-refractivity contribution < 1.29 is 0 Å². The van der Waals surface area contributed by atoms with Crippen LogP contribution in [0.5, 0.6) is 0 Å². The molecule has 0 bridgehead atoms. The number of hydrogen-bond acceptors (Lipinski definition) is 3. The van der Waals surface area contributed by atoms with Gasteiger partial charge in [-0.1, -0.05) is 19.1 Å². The zero-order valence-corrected chi connectivity index (χ0v) is 13.2. The summed E-state index contributed by atoms with van der Waals surface area (Å²) < 4.78 is 0. The molecule has 2 atom stereocenters. The third kappa shape index (κ3) is 3.97. The molecule has 1 aliphatic rings. The van der Waals surface area contributed by atoms with Crippen molar-refractivity contribution in [1.82, 2.24) is 4.90 Å². The molecular weight excluding hydrogens is 246 g/mol. The smallest absolute Gasteiger partial charge is 0.0363 e. The summed E-state index contributed by atoms with van der Waals surface area (Å²) in [4.78, 5) is 4.74. The lowest BCUT2D eigenvalue weighted by molar-refractivity contribution is 0.175. The molecule has 3 heteroatoms. The molecule has 0 amide bonds. The molecule has 0 aromatic heterocycles. The fourth-order valence-electron chi connectivity index (χ4n) is 3.14. The molecule has 0 radical (unpaired) electrons. The highest BCUT2D eigenvalue weighted by atomic mass is 15.1. The van der Waals surface area contributed by atoms with Gasteiger partial charge >= 0.3 is 0 Å². The molecule has 0 spiro atoms. The second kappa shape index (κ2) is 7.09. The predicted molar refractivity (Wildman–Crippen MR) is 87.4 cm³/mol. The van der Waals surface area contributed by atoms with Crippen molar-refractivity contribution in [3.8, 4) is 0 Å². The molecule has 1 heterocycles. The molecule has 1 fully saturated rings. The summed E-state index contributed by atoms with van der Waals surface area (Å²) in [7, 11) is 4.17. The number of benzene rings is 1. The molecule has 20 heavy (non-hydrogen) atoms. The Labute approximate surface area is 123 Å². The first-order valence-corrected chi connectivity index (χ1v) is 7.80. The highest BCUT2D eigenvalue weighted by Crippen LogP contribution is 2.24. The summed E-state index contributed by atoms with van der Waals surface area (Å²) >= 11 is 0. The van der Waals surface area contributed by atoms with Crippen LogP contribution in [0.3, 0.4) is 0 Å². The zero-order chi connectivity index (χ0) is 14.5. The minimum absolute atomic E-state index is 0.445. The second-order valence-corrected chi connectivity index (χ2v) is 6.43. The lowest BCUT2D eigenvalue weighted by atomic mass is 9.95. The van der Waals surface area contributed by atoms with Gasteiger partial charge in [-0.15, -0.1) is 0 Å². The van der Waals surface area contributed by atoms with Gasteiger partial charge < -0.3 is 15.5 Å². The highest BCUT2D eigenvalue weighted by Gasteiger charge is 2.20. The van der Waals surface area contributed by atoms with Crippen LogP contribution in [0.25, 0.3) is 0 Å². The summed E-state index contributed by atoms with van der Waals surface area (Å²) in [5, 5.41) is 0. The third-order valence-electron chi connectivity index (χ3n) is 4.36. The van der Waals surface area contributed by atoms with Crippen molar-refractivity contribution in [2.45, 2.75) is 25.7 Å². The monoisotopic (exact) mass is 275 g/mol. The van der Waals surface area contributed by atoms with Crippen LogP contribution < -0.4 is 10.6 Å². The molecule has 0 aliphatic carbocycles. The van der Waals surface area contributed by atoms with Crippen molar-refractivity contribution in [2.75, 3.05) is 45.2 Å². The molecule has 1 aromatic carbocycles. The molecule has 2 rings (SSSR count). The number of nitrogens with zero attached hydrogens (tertiary/aromatic N) is 2. The van der Waals surface area contributed by atoms with E-state index < -0.39 is 0 Å². The summed E-state index contributed by atoms with van der Waals surface area (Å²) in [6.45, 7) is 6.63. The quantitative estimate of drug-likeness (QED) is 0.896. The van der Waals surface area contributed by atoms with Gasteiger partial charge in [-0.05, 0) is 43.0 Å². The van der Waals surface area contributed by atoms with E-state index in [1.54, 1.807) is 0 Å². The topological polar surface area (TPSA) is 32.5 Å². The second-order valence-electron chi connectivity index (χ2n) is 6.43. The maximum absolute atomic E-state index is 6.04. The number of anilines is 1. The van der Waals surface area contributed by atoms with Gasteiger partial charge in [-0.2, -0.15) is 0 Å². The fraction of sp³-hybridized carbons (Fsp3) is 0.647. The SMILES string of the molecule is CC1CCCN(CC(CN)c2cccc(N(C)C)c2)C1. The first-order chi connectivity index (χ1) is 9.60. The van der Waals surface area contributed by atoms with Gasteiger partial charge in [0, 0.05) is 45.3 Å². The average molecular weight is 275 g/mol. The molecule has 1 aromatic rings. The van der Waals surface area contributed by atoms with E-state index in [0.717, 1.165) is 19.0 Å². The number of nitrogens with two attached hydrogens (primary N) is 1. The van der Waals surface area contributed by atoms with Crippen LogP contribution in [0.4, 0.5) is 5.69 Å². The Morgan fingerprint density at radius 1 is 1.40 bits per heavy atom. The van der Waals surface area contributed by atoms with E-state index in [0.29, 0.717) is 5.92 Å². The van der Waals surface area contributed by atoms with E-state index in [9.17, 15) is 0 Å². The predicted octanol–water partition coefficient (Wildman–Crippen LogP) is 2.53. The zero-order valence-electron chi connectivity index (χ0n) is 13.2. The van der Waals surface area contributed by atoms with Crippen LogP contribution in [0.2, 0.25) is 0 Å². The van der Waals surface area contributed by atoms with Gasteiger partial charge in [0.05, 0.1) is 0 Å². The summed E-state index contributed by atoms with van der Waals surface area (Å²) in [5.41, 5.74) is 8.67. The van der Waals surface area contributed by atoms with Crippen LogP contribution in [-0.4, -0.2) is 45.2 Å². The summed E-state index contributed by atoms with van der Waals surface area (Å²) in [6, 6.07) is 8.80.